The first-order chi connectivity index (χ1) is 16.5. The molecule has 0 bridgehead atoms. The van der Waals surface area contributed by atoms with Crippen molar-refractivity contribution >= 4 is 21.9 Å². The van der Waals surface area contributed by atoms with Gasteiger partial charge in [-0.15, -0.1) is 0 Å². The largest absolute Gasteiger partial charge is 0.478 e. The molecule has 1 aromatic carbocycles. The number of nitrogens with zero attached hydrogens (tertiary/aromatic N) is 4. The number of aromatic amines is 1. The number of aromatic nitrogens is 4. The summed E-state index contributed by atoms with van der Waals surface area (Å²) in [5.74, 6) is 0.914. The fourth-order valence-corrected chi connectivity index (χ4v) is 4.66. The predicted octanol–water partition coefficient (Wildman–Crippen LogP) is 3.70. The first-order valence-electron chi connectivity index (χ1n) is 11.9. The Hall–Kier alpha value is -3.23. The van der Waals surface area contributed by atoms with E-state index in [1.54, 1.807) is 4.57 Å². The zero-order valence-electron chi connectivity index (χ0n) is 20.0. The SMILES string of the molecule is CN(C)CCCOc1ccc(-c2ccc3nc(C4CCOCC4)c4c([nH]c(=O)n4C)c3c2)cn1. The minimum Gasteiger partial charge on any atom is -0.478 e. The molecule has 178 valence electrons. The Balaban J connectivity index is 1.48. The van der Waals surface area contributed by atoms with Gasteiger partial charge in [0.05, 0.1) is 28.9 Å². The van der Waals surface area contributed by atoms with Gasteiger partial charge >= 0.3 is 5.69 Å². The van der Waals surface area contributed by atoms with Crippen LogP contribution in [-0.2, 0) is 11.8 Å². The molecule has 0 radical (unpaired) electrons. The number of ether oxygens (including phenoxy) is 2. The van der Waals surface area contributed by atoms with Crippen LogP contribution in [0.2, 0.25) is 0 Å². The average molecular weight is 462 g/mol. The standard InChI is InChI=1S/C26H31N5O3/c1-30(2)11-4-12-34-22-8-6-19(16-27-22)18-5-7-21-20(15-18)24-25(31(3)26(32)29-24)23(28-21)17-9-13-33-14-10-17/h5-8,15-17H,4,9-14H2,1-3H3,(H,29,32). The number of hydrogen-bond donors (Lipinski definition) is 1. The average Bonchev–Trinajstić information content (AvgIpc) is 3.16. The molecule has 0 amide bonds. The van der Waals surface area contributed by atoms with Crippen LogP contribution in [0.3, 0.4) is 0 Å². The normalized spacial score (nSPS) is 14.9. The van der Waals surface area contributed by atoms with Crippen molar-refractivity contribution < 1.29 is 9.47 Å². The smallest absolute Gasteiger partial charge is 0.326 e. The molecular formula is C26H31N5O3. The Labute approximate surface area is 198 Å². The topological polar surface area (TPSA) is 85.3 Å². The van der Waals surface area contributed by atoms with Crippen molar-refractivity contribution in [2.75, 3.05) is 40.5 Å². The summed E-state index contributed by atoms with van der Waals surface area (Å²) in [4.78, 5) is 27.3. The van der Waals surface area contributed by atoms with Gasteiger partial charge < -0.3 is 19.4 Å². The van der Waals surface area contributed by atoms with Crippen molar-refractivity contribution in [2.24, 2.45) is 7.05 Å². The Morgan fingerprint density at radius 3 is 2.71 bits per heavy atom. The number of pyridine rings is 2. The van der Waals surface area contributed by atoms with E-state index in [1.807, 2.05) is 31.4 Å². The van der Waals surface area contributed by atoms with Crippen molar-refractivity contribution in [3.63, 3.8) is 0 Å². The maximum atomic E-state index is 12.6. The van der Waals surface area contributed by atoms with E-state index in [1.165, 1.54) is 0 Å². The van der Waals surface area contributed by atoms with Gasteiger partial charge in [-0.2, -0.15) is 0 Å². The van der Waals surface area contributed by atoms with Crippen LogP contribution in [0.1, 0.15) is 30.9 Å². The van der Waals surface area contributed by atoms with Crippen LogP contribution in [0.15, 0.2) is 41.3 Å². The summed E-state index contributed by atoms with van der Waals surface area (Å²) < 4.78 is 13.0. The minimum atomic E-state index is -0.125. The lowest BCUT2D eigenvalue weighted by Crippen LogP contribution is -2.17. The fraction of sp³-hybridized carbons (Fsp3) is 0.423. The second kappa shape index (κ2) is 9.56. The molecule has 4 aromatic rings. The van der Waals surface area contributed by atoms with E-state index in [9.17, 15) is 4.79 Å². The number of aryl methyl sites for hydroxylation is 1. The van der Waals surface area contributed by atoms with Gasteiger partial charge in [-0.25, -0.2) is 9.78 Å². The Morgan fingerprint density at radius 1 is 1.18 bits per heavy atom. The van der Waals surface area contributed by atoms with E-state index in [-0.39, 0.29) is 11.6 Å². The molecule has 0 aliphatic carbocycles. The summed E-state index contributed by atoms with van der Waals surface area (Å²) in [6.45, 7) is 3.08. The molecule has 5 rings (SSSR count). The summed E-state index contributed by atoms with van der Waals surface area (Å²) >= 11 is 0. The van der Waals surface area contributed by atoms with Crippen molar-refractivity contribution in [1.29, 1.82) is 0 Å². The van der Waals surface area contributed by atoms with Crippen LogP contribution < -0.4 is 10.4 Å². The molecule has 1 aliphatic rings. The van der Waals surface area contributed by atoms with Crippen molar-refractivity contribution in [3.05, 3.63) is 52.7 Å². The predicted molar refractivity (Wildman–Crippen MR) is 134 cm³/mol. The highest BCUT2D eigenvalue weighted by Gasteiger charge is 2.24. The molecule has 1 N–H and O–H groups in total. The fourth-order valence-electron chi connectivity index (χ4n) is 4.66. The summed E-state index contributed by atoms with van der Waals surface area (Å²) in [5, 5.41) is 0.935. The lowest BCUT2D eigenvalue weighted by molar-refractivity contribution is 0.0848. The zero-order valence-corrected chi connectivity index (χ0v) is 20.0. The molecule has 0 spiro atoms. The van der Waals surface area contributed by atoms with Crippen LogP contribution in [-0.4, -0.2) is 64.9 Å². The quantitative estimate of drug-likeness (QED) is 0.423. The second-order valence-corrected chi connectivity index (χ2v) is 9.22. The van der Waals surface area contributed by atoms with E-state index < -0.39 is 0 Å². The Bertz CT molecular complexity index is 1350. The van der Waals surface area contributed by atoms with Gasteiger partial charge in [0, 0.05) is 55.9 Å². The molecule has 8 heteroatoms. The molecule has 0 saturated carbocycles. The third kappa shape index (κ3) is 4.43. The number of benzene rings is 1. The minimum absolute atomic E-state index is 0.125. The third-order valence-corrected chi connectivity index (χ3v) is 6.54. The maximum Gasteiger partial charge on any atom is 0.326 e. The Kier molecular flexibility index (Phi) is 6.34. The van der Waals surface area contributed by atoms with E-state index in [2.05, 4.69) is 41.1 Å². The lowest BCUT2D eigenvalue weighted by atomic mass is 9.93. The Morgan fingerprint density at radius 2 is 1.97 bits per heavy atom. The van der Waals surface area contributed by atoms with Gasteiger partial charge in [0.2, 0.25) is 5.88 Å². The van der Waals surface area contributed by atoms with Gasteiger partial charge in [-0.3, -0.25) is 9.55 Å². The number of nitrogens with one attached hydrogen (secondary N) is 1. The van der Waals surface area contributed by atoms with E-state index >= 15 is 0 Å². The van der Waals surface area contributed by atoms with Gasteiger partial charge in [0.1, 0.15) is 0 Å². The van der Waals surface area contributed by atoms with Gasteiger partial charge in [-0.1, -0.05) is 6.07 Å². The summed E-state index contributed by atoms with van der Waals surface area (Å²) in [6, 6.07) is 10.1. The van der Waals surface area contributed by atoms with Crippen LogP contribution in [0.25, 0.3) is 33.1 Å². The van der Waals surface area contributed by atoms with Crippen LogP contribution in [0.4, 0.5) is 0 Å². The monoisotopic (exact) mass is 461 g/mol. The van der Waals surface area contributed by atoms with Crippen LogP contribution in [0, 0.1) is 0 Å². The lowest BCUT2D eigenvalue weighted by Gasteiger charge is -2.23. The highest BCUT2D eigenvalue weighted by Crippen LogP contribution is 2.35. The molecule has 4 heterocycles. The molecule has 34 heavy (non-hydrogen) atoms. The summed E-state index contributed by atoms with van der Waals surface area (Å²) in [6.07, 6.45) is 4.62. The number of hydrogen-bond acceptors (Lipinski definition) is 6. The van der Waals surface area contributed by atoms with E-state index in [0.717, 1.165) is 77.8 Å². The zero-order chi connectivity index (χ0) is 23.7. The van der Waals surface area contributed by atoms with Crippen LogP contribution >= 0.6 is 0 Å². The molecule has 8 nitrogen and oxygen atoms in total. The first kappa shape index (κ1) is 22.6. The molecule has 3 aromatic heterocycles. The second-order valence-electron chi connectivity index (χ2n) is 9.22. The first-order valence-corrected chi connectivity index (χ1v) is 11.9. The molecule has 0 unspecified atom stereocenters. The summed E-state index contributed by atoms with van der Waals surface area (Å²) in [5.41, 5.74) is 5.48. The molecule has 1 saturated heterocycles. The van der Waals surface area contributed by atoms with Crippen molar-refractivity contribution in [3.8, 4) is 17.0 Å². The van der Waals surface area contributed by atoms with Gasteiger partial charge in [-0.05, 0) is 57.1 Å². The number of H-pyrrole nitrogens is 1. The highest BCUT2D eigenvalue weighted by molar-refractivity contribution is 6.04. The molecule has 1 fully saturated rings. The van der Waals surface area contributed by atoms with Gasteiger partial charge in [0.25, 0.3) is 0 Å². The number of rotatable bonds is 7. The molecule has 0 atom stereocenters. The van der Waals surface area contributed by atoms with Gasteiger partial charge in [0.15, 0.2) is 0 Å². The van der Waals surface area contributed by atoms with E-state index in [0.29, 0.717) is 12.5 Å². The number of fused-ring (bicyclic) bond motifs is 3. The molecule has 1 aliphatic heterocycles. The van der Waals surface area contributed by atoms with Crippen LogP contribution in [0.5, 0.6) is 5.88 Å². The van der Waals surface area contributed by atoms with Crippen molar-refractivity contribution in [1.82, 2.24) is 24.4 Å². The maximum absolute atomic E-state index is 12.6. The highest BCUT2D eigenvalue weighted by atomic mass is 16.5. The van der Waals surface area contributed by atoms with Crippen molar-refractivity contribution in [2.45, 2.75) is 25.2 Å². The summed E-state index contributed by atoms with van der Waals surface area (Å²) in [7, 11) is 5.91. The molecular weight excluding hydrogens is 430 g/mol. The van der Waals surface area contributed by atoms with E-state index in [4.69, 9.17) is 14.5 Å². The third-order valence-electron chi connectivity index (χ3n) is 6.54. The number of imidazole rings is 1.